The van der Waals surface area contributed by atoms with Crippen molar-refractivity contribution < 1.29 is 43.2 Å². The average molecular weight is 1160 g/mol. The number of carbonyl (C=O) groups excluding carboxylic acids is 9. The van der Waals surface area contributed by atoms with Crippen LogP contribution in [0, 0.1) is 0 Å². The molecule has 0 aliphatic carbocycles. The number of nitrogens with zero attached hydrogens (tertiary/aromatic N) is 2. The van der Waals surface area contributed by atoms with Crippen LogP contribution in [0.3, 0.4) is 0 Å². The molecule has 81 heavy (non-hydrogen) atoms. The number of nitrogens with two attached hydrogens (primary N) is 9. The number of carbonyl (C=O) groups is 9. The molecule has 0 radical (unpaired) electrons. The van der Waals surface area contributed by atoms with Gasteiger partial charge in [-0.1, -0.05) is 18.2 Å². The van der Waals surface area contributed by atoms with Crippen molar-refractivity contribution in [3.8, 4) is 0 Å². The number of aromatic amines is 1. The van der Waals surface area contributed by atoms with Crippen LogP contribution < -0.4 is 94.1 Å². The van der Waals surface area contributed by atoms with Crippen molar-refractivity contribution >= 4 is 87.7 Å². The molecule has 0 fully saturated rings. The molecule has 0 bridgehead atoms. The van der Waals surface area contributed by atoms with Gasteiger partial charge in [0.1, 0.15) is 42.3 Å². The van der Waals surface area contributed by atoms with Gasteiger partial charge in [0, 0.05) is 49.6 Å². The third kappa shape index (κ3) is 28.1. The zero-order chi connectivity index (χ0) is 60.1. The Labute approximate surface area is 477 Å². The molecule has 9 amide bonds. The molecule has 0 aliphatic heterocycles. The van der Waals surface area contributed by atoms with Crippen molar-refractivity contribution in [2.75, 3.05) is 57.8 Å². The molecule has 2 rings (SSSR count). The number of para-hydroxylation sites is 1. The Hall–Kier alpha value is -7.28. The number of benzene rings is 1. The lowest BCUT2D eigenvalue weighted by Gasteiger charge is -2.28. The van der Waals surface area contributed by atoms with Gasteiger partial charge < -0.3 is 99.1 Å². The first kappa shape index (κ1) is 69.8. The number of unbranched alkanes of at least 4 members (excludes halogenated alkanes) is 3. The SMILES string of the molecule is CSCC[C@H](NC(=O)[C@H](CCCN=C(N)N)NC(=O)[C@H](CCCN=C(N)N)NC(=O)CCNC(=O)CN)C(=O)N[C@@H](CCCCN)C(=O)N[C@@H](Cc1c[nH]c2ccccc12)C(=O)N[C@@H](CCCCN)C(=O)N[C@@H](CCCCN)C(N)=O. The molecule has 0 aliphatic rings. The largest absolute Gasteiger partial charge is 0.370 e. The second-order valence-electron chi connectivity index (χ2n) is 19.3. The normalized spacial score (nSPS) is 13.6. The Morgan fingerprint density at radius 2 is 0.914 bits per heavy atom. The van der Waals surface area contributed by atoms with E-state index in [9.17, 15) is 43.2 Å². The molecule has 1 aromatic heterocycles. The Balaban J connectivity index is 2.55. The molecular weight excluding hydrogens is 1070 g/mol. The summed E-state index contributed by atoms with van der Waals surface area (Å²) in [4.78, 5) is 134. The summed E-state index contributed by atoms with van der Waals surface area (Å²) in [7, 11) is 0. The van der Waals surface area contributed by atoms with Gasteiger partial charge in [0.2, 0.25) is 53.2 Å². The Kier molecular flexibility index (Phi) is 34.5. The first-order chi connectivity index (χ1) is 38.8. The van der Waals surface area contributed by atoms with Crippen molar-refractivity contribution in [3.63, 3.8) is 0 Å². The molecule has 1 heterocycles. The summed E-state index contributed by atoms with van der Waals surface area (Å²) in [6.45, 7) is 0.775. The van der Waals surface area contributed by atoms with E-state index >= 15 is 0 Å². The van der Waals surface area contributed by atoms with Gasteiger partial charge in [0.05, 0.1) is 6.54 Å². The summed E-state index contributed by atoms with van der Waals surface area (Å²) in [5, 5.41) is 22.4. The van der Waals surface area contributed by atoms with Crippen LogP contribution in [-0.2, 0) is 49.6 Å². The number of H-pyrrole nitrogens is 1. The number of rotatable bonds is 43. The predicted molar refractivity (Wildman–Crippen MR) is 313 cm³/mol. The van der Waals surface area contributed by atoms with E-state index in [0.29, 0.717) is 62.9 Å². The highest BCUT2D eigenvalue weighted by molar-refractivity contribution is 7.98. The van der Waals surface area contributed by atoms with Crippen molar-refractivity contribution in [2.45, 2.75) is 145 Å². The first-order valence-corrected chi connectivity index (χ1v) is 28.8. The molecule has 0 saturated heterocycles. The number of primary amides is 1. The summed E-state index contributed by atoms with van der Waals surface area (Å²) >= 11 is 1.38. The van der Waals surface area contributed by atoms with Crippen LogP contribution in [0.1, 0.15) is 102 Å². The van der Waals surface area contributed by atoms with Gasteiger partial charge in [-0.15, -0.1) is 0 Å². The van der Waals surface area contributed by atoms with Gasteiger partial charge >= 0.3 is 0 Å². The van der Waals surface area contributed by atoms with Crippen LogP contribution in [0.15, 0.2) is 40.4 Å². The molecule has 29 nitrogen and oxygen atoms in total. The quantitative estimate of drug-likeness (QED) is 0.0169. The number of aliphatic imine (C=N–C) groups is 2. The van der Waals surface area contributed by atoms with Crippen molar-refractivity contribution in [1.82, 2.24) is 47.5 Å². The van der Waals surface area contributed by atoms with Gasteiger partial charge in [-0.3, -0.25) is 53.1 Å². The Morgan fingerprint density at radius 1 is 0.506 bits per heavy atom. The van der Waals surface area contributed by atoms with Crippen LogP contribution in [0.4, 0.5) is 0 Å². The van der Waals surface area contributed by atoms with Crippen molar-refractivity contribution in [1.29, 1.82) is 0 Å². The van der Waals surface area contributed by atoms with E-state index in [1.807, 2.05) is 24.3 Å². The zero-order valence-corrected chi connectivity index (χ0v) is 47.4. The lowest BCUT2D eigenvalue weighted by Crippen LogP contribution is -2.60. The van der Waals surface area contributed by atoms with E-state index in [1.54, 1.807) is 12.5 Å². The molecule has 454 valence electrons. The van der Waals surface area contributed by atoms with Crippen LogP contribution in [0.25, 0.3) is 10.9 Å². The van der Waals surface area contributed by atoms with E-state index < -0.39 is 95.5 Å². The number of nitrogens with one attached hydrogen (secondary N) is 9. The number of hydrogen-bond donors (Lipinski definition) is 18. The van der Waals surface area contributed by atoms with Crippen LogP contribution in [0.2, 0.25) is 0 Å². The van der Waals surface area contributed by atoms with E-state index in [2.05, 4.69) is 57.5 Å². The lowest BCUT2D eigenvalue weighted by molar-refractivity contribution is -0.136. The maximum atomic E-state index is 14.7. The minimum atomic E-state index is -1.33. The molecule has 0 saturated carbocycles. The first-order valence-electron chi connectivity index (χ1n) is 27.4. The number of guanidine groups is 2. The van der Waals surface area contributed by atoms with Crippen molar-refractivity contribution in [2.24, 2.45) is 61.6 Å². The third-order valence-corrected chi connectivity index (χ3v) is 13.4. The number of aromatic nitrogens is 1. The maximum Gasteiger partial charge on any atom is 0.243 e. The van der Waals surface area contributed by atoms with Gasteiger partial charge in [-0.25, -0.2) is 0 Å². The summed E-state index contributed by atoms with van der Waals surface area (Å²) in [6.07, 6.45) is 6.99. The zero-order valence-electron chi connectivity index (χ0n) is 46.6. The second-order valence-corrected chi connectivity index (χ2v) is 20.3. The van der Waals surface area contributed by atoms with Crippen molar-refractivity contribution in [3.05, 3.63) is 36.0 Å². The number of amides is 9. The standard InChI is InChI=1S/C51H90N20O9S/c1-81-27-20-39(70-46(77)38(18-11-25-63-51(59)60)68-44(75)35(17-10-24-62-50(57)58)65-41(72)19-26-61-42(73)29-55)48(79)67-37(16-6-9-23-54)47(78)71-40(28-31-30-64-33-13-3-2-12-32(31)33)49(80)69-36(15-5-8-22-53)45(76)66-34(43(56)74)14-4-7-21-52/h2-3,12-13,30,34-40,64H,4-11,14-29,52-55H2,1H3,(H2,56,74)(H,61,73)(H,65,72)(H,66,76)(H,67,79)(H,68,75)(H,69,80)(H,70,77)(H,71,78)(H4,57,58,62)(H4,59,60,63)/t34-,35-,36-,37-,38-,39-,40-/m0/s1. The molecule has 0 unspecified atom stereocenters. The van der Waals surface area contributed by atoms with Gasteiger partial charge in [0.25, 0.3) is 0 Å². The fourth-order valence-corrected chi connectivity index (χ4v) is 8.84. The molecule has 7 atom stereocenters. The van der Waals surface area contributed by atoms with Gasteiger partial charge in [-0.05, 0) is 133 Å². The Bertz CT molecular complexity index is 2370. The molecule has 1 aromatic carbocycles. The molecular formula is C51H90N20O9S. The second kappa shape index (κ2) is 40.0. The molecule has 27 N–H and O–H groups in total. The van der Waals surface area contributed by atoms with E-state index in [1.165, 1.54) is 11.8 Å². The molecule has 2 aromatic rings. The molecule has 0 spiro atoms. The van der Waals surface area contributed by atoms with Crippen LogP contribution >= 0.6 is 11.8 Å². The fourth-order valence-electron chi connectivity index (χ4n) is 8.37. The number of hydrogen-bond acceptors (Lipinski definition) is 16. The maximum absolute atomic E-state index is 14.7. The van der Waals surface area contributed by atoms with E-state index in [-0.39, 0.29) is 109 Å². The topological polar surface area (TPSA) is 525 Å². The Morgan fingerprint density at radius 3 is 1.36 bits per heavy atom. The van der Waals surface area contributed by atoms with Gasteiger partial charge in [0.15, 0.2) is 11.9 Å². The summed E-state index contributed by atoms with van der Waals surface area (Å²) in [5.74, 6) is -6.33. The average Bonchev–Trinajstić information content (AvgIpc) is 3.87. The lowest BCUT2D eigenvalue weighted by atomic mass is 10.0. The summed E-state index contributed by atoms with van der Waals surface area (Å²) < 4.78 is 0. The summed E-state index contributed by atoms with van der Waals surface area (Å²) in [5.41, 5.74) is 51.8. The van der Waals surface area contributed by atoms with E-state index in [4.69, 9.17) is 51.6 Å². The predicted octanol–water partition coefficient (Wildman–Crippen LogP) is -4.70. The van der Waals surface area contributed by atoms with Gasteiger partial charge in [-0.2, -0.15) is 11.8 Å². The third-order valence-electron chi connectivity index (χ3n) is 12.8. The highest BCUT2D eigenvalue weighted by Gasteiger charge is 2.34. The fraction of sp³-hybridized carbons (Fsp3) is 0.627. The highest BCUT2D eigenvalue weighted by Crippen LogP contribution is 2.20. The van der Waals surface area contributed by atoms with Crippen LogP contribution in [0.5, 0.6) is 0 Å². The minimum Gasteiger partial charge on any atom is -0.370 e. The van der Waals surface area contributed by atoms with E-state index in [0.717, 1.165) is 10.9 Å². The van der Waals surface area contributed by atoms with Crippen LogP contribution in [-0.4, -0.2) is 170 Å². The highest BCUT2D eigenvalue weighted by atomic mass is 32.2. The smallest absolute Gasteiger partial charge is 0.243 e. The monoisotopic (exact) mass is 1160 g/mol. The minimum absolute atomic E-state index is 0.0283. The number of fused-ring (bicyclic) bond motifs is 1. The molecule has 30 heteroatoms. The summed E-state index contributed by atoms with van der Waals surface area (Å²) in [6, 6.07) is -1.29. The number of thioether (sulfide) groups is 1.